The van der Waals surface area contributed by atoms with Crippen LogP contribution in [0, 0.1) is 5.82 Å². The van der Waals surface area contributed by atoms with Crippen LogP contribution in [0.5, 0.6) is 0 Å². The molecule has 0 radical (unpaired) electrons. The van der Waals surface area contributed by atoms with Crippen LogP contribution in [0.15, 0.2) is 18.2 Å². The zero-order chi connectivity index (χ0) is 14.3. The molecule has 2 bridgehead atoms. The molecule has 1 aromatic carbocycles. The first-order valence-corrected chi connectivity index (χ1v) is 6.51. The van der Waals surface area contributed by atoms with E-state index in [4.69, 9.17) is 9.84 Å². The predicted octanol–water partition coefficient (Wildman–Crippen LogP) is 1.53. The number of halogens is 1. The zero-order valence-electron chi connectivity index (χ0n) is 10.7. The van der Waals surface area contributed by atoms with Crippen molar-refractivity contribution < 1.29 is 23.8 Å². The summed E-state index contributed by atoms with van der Waals surface area (Å²) in [5, 5.41) is 8.79. The highest BCUT2D eigenvalue weighted by Crippen LogP contribution is 2.30. The first kappa shape index (κ1) is 13.1. The minimum absolute atomic E-state index is 0.0449. The van der Waals surface area contributed by atoms with Gasteiger partial charge in [-0.05, 0) is 31.0 Å². The van der Waals surface area contributed by atoms with E-state index >= 15 is 0 Å². The van der Waals surface area contributed by atoms with E-state index in [0.717, 1.165) is 25.0 Å². The van der Waals surface area contributed by atoms with Gasteiger partial charge in [0.2, 0.25) is 0 Å². The van der Waals surface area contributed by atoms with Gasteiger partial charge in [-0.25, -0.2) is 9.18 Å². The standard InChI is InChI=1S/C14H14FNO4/c15-12-5-8(1-4-11(12)14(18)19)13(17)16-9-2-3-10(16)7-20-6-9/h1,4-5,9-10H,2-3,6-7H2,(H,18,19). The van der Waals surface area contributed by atoms with Gasteiger partial charge in [0, 0.05) is 5.56 Å². The summed E-state index contributed by atoms with van der Waals surface area (Å²) in [4.78, 5) is 25.0. The van der Waals surface area contributed by atoms with Gasteiger partial charge < -0.3 is 14.7 Å². The van der Waals surface area contributed by atoms with E-state index in [1.165, 1.54) is 6.07 Å². The topological polar surface area (TPSA) is 66.8 Å². The molecule has 2 saturated heterocycles. The van der Waals surface area contributed by atoms with Crippen LogP contribution in [0.1, 0.15) is 33.6 Å². The molecule has 106 valence electrons. The molecule has 1 amide bonds. The van der Waals surface area contributed by atoms with Crippen molar-refractivity contribution in [3.63, 3.8) is 0 Å². The number of rotatable bonds is 2. The highest BCUT2D eigenvalue weighted by molar-refractivity contribution is 5.96. The molecule has 0 saturated carbocycles. The van der Waals surface area contributed by atoms with Crippen molar-refractivity contribution in [2.75, 3.05) is 13.2 Å². The third-order valence-electron chi connectivity index (χ3n) is 3.92. The maximum Gasteiger partial charge on any atom is 0.338 e. The van der Waals surface area contributed by atoms with Crippen molar-refractivity contribution in [2.24, 2.45) is 0 Å². The molecule has 6 heteroatoms. The molecule has 2 atom stereocenters. The molecule has 20 heavy (non-hydrogen) atoms. The van der Waals surface area contributed by atoms with Crippen LogP contribution in [0.4, 0.5) is 4.39 Å². The summed E-state index contributed by atoms with van der Waals surface area (Å²) in [5.74, 6) is -2.48. The Kier molecular flexibility index (Phi) is 3.17. The van der Waals surface area contributed by atoms with Gasteiger partial charge in [-0.3, -0.25) is 4.79 Å². The lowest BCUT2D eigenvalue weighted by Crippen LogP contribution is -2.49. The van der Waals surface area contributed by atoms with Crippen LogP contribution < -0.4 is 0 Å². The molecule has 3 rings (SSSR count). The number of ether oxygens (including phenoxy) is 1. The van der Waals surface area contributed by atoms with Gasteiger partial charge in [-0.15, -0.1) is 0 Å². The quantitative estimate of drug-likeness (QED) is 0.891. The maximum atomic E-state index is 13.7. The fourth-order valence-corrected chi connectivity index (χ4v) is 2.93. The zero-order valence-corrected chi connectivity index (χ0v) is 10.7. The lowest BCUT2D eigenvalue weighted by molar-refractivity contribution is -0.00718. The van der Waals surface area contributed by atoms with E-state index in [9.17, 15) is 14.0 Å². The van der Waals surface area contributed by atoms with Gasteiger partial charge in [0.15, 0.2) is 0 Å². The maximum absolute atomic E-state index is 13.7. The fourth-order valence-electron chi connectivity index (χ4n) is 2.93. The molecule has 0 spiro atoms. The van der Waals surface area contributed by atoms with E-state index < -0.39 is 17.3 Å². The van der Waals surface area contributed by atoms with Crippen LogP contribution in [-0.2, 0) is 4.74 Å². The summed E-state index contributed by atoms with van der Waals surface area (Å²) in [6.45, 7) is 1.02. The van der Waals surface area contributed by atoms with Gasteiger partial charge in [0.1, 0.15) is 5.82 Å². The largest absolute Gasteiger partial charge is 0.478 e. The molecule has 2 aliphatic rings. The average molecular weight is 279 g/mol. The van der Waals surface area contributed by atoms with Crippen molar-refractivity contribution >= 4 is 11.9 Å². The van der Waals surface area contributed by atoms with E-state index in [0.29, 0.717) is 13.2 Å². The van der Waals surface area contributed by atoms with Crippen LogP contribution in [0.3, 0.4) is 0 Å². The van der Waals surface area contributed by atoms with Gasteiger partial charge in [0.05, 0.1) is 30.9 Å². The highest BCUT2D eigenvalue weighted by Gasteiger charge is 2.40. The Morgan fingerprint density at radius 1 is 1.25 bits per heavy atom. The summed E-state index contributed by atoms with van der Waals surface area (Å²) in [6, 6.07) is 3.59. The molecule has 2 unspecified atom stereocenters. The third kappa shape index (κ3) is 2.06. The van der Waals surface area contributed by atoms with Crippen molar-refractivity contribution in [1.29, 1.82) is 0 Å². The summed E-state index contributed by atoms with van der Waals surface area (Å²) in [6.07, 6.45) is 1.79. The average Bonchev–Trinajstić information content (AvgIpc) is 2.66. The lowest BCUT2D eigenvalue weighted by Gasteiger charge is -2.34. The van der Waals surface area contributed by atoms with E-state index in [1.807, 2.05) is 0 Å². The third-order valence-corrected chi connectivity index (χ3v) is 3.92. The summed E-state index contributed by atoms with van der Waals surface area (Å²) < 4.78 is 19.1. The van der Waals surface area contributed by atoms with Crippen molar-refractivity contribution in [1.82, 2.24) is 4.90 Å². The first-order chi connectivity index (χ1) is 9.58. The highest BCUT2D eigenvalue weighted by atomic mass is 19.1. The Bertz CT molecular complexity index is 558. The number of carboxylic acids is 1. The van der Waals surface area contributed by atoms with E-state index in [2.05, 4.69) is 0 Å². The molecule has 2 fully saturated rings. The molecule has 1 aromatic rings. The second-order valence-electron chi connectivity index (χ2n) is 5.13. The predicted molar refractivity (Wildman–Crippen MR) is 67.2 cm³/mol. The number of carboxylic acid groups (broad SMARTS) is 1. The summed E-state index contributed by atoms with van der Waals surface area (Å²) in [5.41, 5.74) is -0.238. The van der Waals surface area contributed by atoms with E-state index in [1.54, 1.807) is 4.90 Å². The van der Waals surface area contributed by atoms with Gasteiger partial charge in [0.25, 0.3) is 5.91 Å². The smallest absolute Gasteiger partial charge is 0.338 e. The van der Waals surface area contributed by atoms with Crippen molar-refractivity contribution in [3.8, 4) is 0 Å². The molecular weight excluding hydrogens is 265 g/mol. The van der Waals surface area contributed by atoms with Gasteiger partial charge in [-0.2, -0.15) is 0 Å². The number of amides is 1. The second-order valence-corrected chi connectivity index (χ2v) is 5.13. The second kappa shape index (κ2) is 4.86. The van der Waals surface area contributed by atoms with Gasteiger partial charge >= 0.3 is 5.97 Å². The molecule has 5 nitrogen and oxygen atoms in total. The Morgan fingerprint density at radius 3 is 2.45 bits per heavy atom. The van der Waals surface area contributed by atoms with Crippen LogP contribution >= 0.6 is 0 Å². The number of nitrogens with zero attached hydrogens (tertiary/aromatic N) is 1. The molecular formula is C14H14FNO4. The summed E-state index contributed by atoms with van der Waals surface area (Å²) >= 11 is 0. The molecule has 1 N–H and O–H groups in total. The van der Waals surface area contributed by atoms with Crippen LogP contribution in [0.2, 0.25) is 0 Å². The SMILES string of the molecule is O=C(O)c1ccc(C(=O)N2C3CCC2COC3)cc1F. The number of carbonyl (C=O) groups is 2. The minimum Gasteiger partial charge on any atom is -0.478 e. The molecule has 0 aliphatic carbocycles. The number of aromatic carboxylic acids is 1. The summed E-state index contributed by atoms with van der Waals surface area (Å²) in [7, 11) is 0. The fraction of sp³-hybridized carbons (Fsp3) is 0.429. The van der Waals surface area contributed by atoms with Crippen LogP contribution in [0.25, 0.3) is 0 Å². The Balaban J connectivity index is 1.88. The first-order valence-electron chi connectivity index (χ1n) is 6.51. The van der Waals surface area contributed by atoms with Crippen molar-refractivity contribution in [2.45, 2.75) is 24.9 Å². The van der Waals surface area contributed by atoms with Crippen LogP contribution in [-0.4, -0.2) is 47.2 Å². The number of fused-ring (bicyclic) bond motifs is 2. The minimum atomic E-state index is -1.34. The molecule has 2 aliphatic heterocycles. The normalized spacial score (nSPS) is 24.8. The van der Waals surface area contributed by atoms with Crippen molar-refractivity contribution in [3.05, 3.63) is 35.1 Å². The number of benzene rings is 1. The Hall–Kier alpha value is -1.95. The van der Waals surface area contributed by atoms with Gasteiger partial charge in [-0.1, -0.05) is 0 Å². The number of carbonyl (C=O) groups excluding carboxylic acids is 1. The Labute approximate surface area is 114 Å². The lowest BCUT2D eigenvalue weighted by atomic mass is 10.1. The van der Waals surface area contributed by atoms with E-state index in [-0.39, 0.29) is 23.6 Å². The Morgan fingerprint density at radius 2 is 1.90 bits per heavy atom. The molecule has 2 heterocycles. The number of hydrogen-bond acceptors (Lipinski definition) is 3. The monoisotopic (exact) mass is 279 g/mol. The number of morpholine rings is 1. The molecule has 0 aromatic heterocycles. The number of hydrogen-bond donors (Lipinski definition) is 1.